The summed E-state index contributed by atoms with van der Waals surface area (Å²) in [5.74, 6) is 0.458. The Morgan fingerprint density at radius 1 is 1.21 bits per heavy atom. The smallest absolute Gasteiger partial charge is 0.133 e. The van der Waals surface area contributed by atoms with Crippen molar-refractivity contribution in [1.29, 1.82) is 0 Å². The average Bonchev–Trinajstić information content (AvgIpc) is 2.62. The van der Waals surface area contributed by atoms with E-state index in [1.807, 2.05) is 18.2 Å². The Labute approximate surface area is 83.7 Å². The van der Waals surface area contributed by atoms with Gasteiger partial charge in [-0.1, -0.05) is 19.9 Å². The van der Waals surface area contributed by atoms with Crippen LogP contribution < -0.4 is 5.73 Å². The molecule has 0 saturated heterocycles. The minimum atomic E-state index is 0.106. The van der Waals surface area contributed by atoms with Crippen LogP contribution in [0, 0.1) is 5.92 Å². The molecule has 0 saturated carbocycles. The monoisotopic (exact) mass is 189 g/mol. The molecule has 1 heterocycles. The molecule has 0 aliphatic heterocycles. The fourth-order valence-electron chi connectivity index (χ4n) is 1.58. The quantitative estimate of drug-likeness (QED) is 0.788. The first kappa shape index (κ1) is 9.28. The van der Waals surface area contributed by atoms with Crippen LogP contribution in [-0.2, 0) is 0 Å². The fraction of sp³-hybridized carbons (Fsp3) is 0.333. The van der Waals surface area contributed by atoms with Crippen LogP contribution in [0.2, 0.25) is 0 Å². The molecule has 0 aliphatic carbocycles. The number of nitrogens with two attached hydrogens (primary N) is 1. The van der Waals surface area contributed by atoms with Crippen molar-refractivity contribution < 1.29 is 4.42 Å². The maximum absolute atomic E-state index is 6.07. The van der Waals surface area contributed by atoms with Gasteiger partial charge in [0.2, 0.25) is 0 Å². The molecular weight excluding hydrogens is 174 g/mol. The van der Waals surface area contributed by atoms with Crippen LogP contribution in [0.3, 0.4) is 0 Å². The fourth-order valence-corrected chi connectivity index (χ4v) is 1.58. The second kappa shape index (κ2) is 3.46. The van der Waals surface area contributed by atoms with Crippen LogP contribution in [-0.4, -0.2) is 0 Å². The molecule has 0 aliphatic rings. The van der Waals surface area contributed by atoms with Gasteiger partial charge >= 0.3 is 0 Å². The Kier molecular flexibility index (Phi) is 2.30. The minimum absolute atomic E-state index is 0.106. The summed E-state index contributed by atoms with van der Waals surface area (Å²) in [5, 5.41) is 1.12. The highest BCUT2D eigenvalue weighted by atomic mass is 16.3. The van der Waals surface area contributed by atoms with E-state index in [0.29, 0.717) is 5.92 Å². The van der Waals surface area contributed by atoms with Crippen molar-refractivity contribution in [3.8, 4) is 0 Å². The van der Waals surface area contributed by atoms with Crippen molar-refractivity contribution in [1.82, 2.24) is 0 Å². The largest absolute Gasteiger partial charge is 0.464 e. The highest BCUT2D eigenvalue weighted by Gasteiger charge is 2.10. The highest BCUT2D eigenvalue weighted by Crippen LogP contribution is 2.23. The summed E-state index contributed by atoms with van der Waals surface area (Å²) in [4.78, 5) is 0. The molecule has 2 nitrogen and oxygen atoms in total. The first-order chi connectivity index (χ1) is 6.68. The molecular formula is C12H15NO. The third-order valence-corrected chi connectivity index (χ3v) is 2.58. The molecule has 1 aromatic heterocycles. The van der Waals surface area contributed by atoms with E-state index in [9.17, 15) is 0 Å². The van der Waals surface area contributed by atoms with Gasteiger partial charge in [-0.05, 0) is 29.7 Å². The van der Waals surface area contributed by atoms with Crippen LogP contribution in [0.5, 0.6) is 0 Å². The summed E-state index contributed by atoms with van der Waals surface area (Å²) >= 11 is 0. The van der Waals surface area contributed by atoms with E-state index in [1.54, 1.807) is 6.26 Å². The summed E-state index contributed by atoms with van der Waals surface area (Å²) in [7, 11) is 0. The summed E-state index contributed by atoms with van der Waals surface area (Å²) in [6, 6.07) is 8.19. The van der Waals surface area contributed by atoms with E-state index in [-0.39, 0.29) is 6.04 Å². The van der Waals surface area contributed by atoms with E-state index in [0.717, 1.165) is 11.0 Å². The van der Waals surface area contributed by atoms with Gasteiger partial charge in [0.15, 0.2) is 0 Å². The molecule has 2 heteroatoms. The molecule has 2 rings (SSSR count). The maximum Gasteiger partial charge on any atom is 0.133 e. The van der Waals surface area contributed by atoms with Crippen molar-refractivity contribution in [3.05, 3.63) is 36.1 Å². The van der Waals surface area contributed by atoms with Crippen molar-refractivity contribution in [2.75, 3.05) is 0 Å². The molecule has 14 heavy (non-hydrogen) atoms. The van der Waals surface area contributed by atoms with Crippen LogP contribution in [0.4, 0.5) is 0 Å². The summed E-state index contributed by atoms with van der Waals surface area (Å²) in [6.07, 6.45) is 1.70. The lowest BCUT2D eigenvalue weighted by Crippen LogP contribution is -2.16. The van der Waals surface area contributed by atoms with Crippen molar-refractivity contribution >= 4 is 11.0 Å². The topological polar surface area (TPSA) is 39.2 Å². The third kappa shape index (κ3) is 1.53. The summed E-state index contributed by atoms with van der Waals surface area (Å²) in [6.45, 7) is 4.26. The second-order valence-corrected chi connectivity index (χ2v) is 3.99. The average molecular weight is 189 g/mol. The predicted octanol–water partition coefficient (Wildman–Crippen LogP) is 3.09. The van der Waals surface area contributed by atoms with Crippen LogP contribution in [0.1, 0.15) is 25.5 Å². The van der Waals surface area contributed by atoms with Crippen molar-refractivity contribution in [3.63, 3.8) is 0 Å². The maximum atomic E-state index is 6.07. The van der Waals surface area contributed by atoms with Crippen LogP contribution in [0.25, 0.3) is 11.0 Å². The number of furan rings is 1. The first-order valence-electron chi connectivity index (χ1n) is 4.91. The van der Waals surface area contributed by atoms with Crippen LogP contribution in [0.15, 0.2) is 34.9 Å². The van der Waals surface area contributed by atoms with Gasteiger partial charge in [-0.2, -0.15) is 0 Å². The summed E-state index contributed by atoms with van der Waals surface area (Å²) < 4.78 is 5.27. The van der Waals surface area contributed by atoms with Gasteiger partial charge in [0.25, 0.3) is 0 Å². The number of rotatable bonds is 2. The summed E-state index contributed by atoms with van der Waals surface area (Å²) in [5.41, 5.74) is 8.16. The zero-order valence-corrected chi connectivity index (χ0v) is 8.53. The number of hydrogen-bond donors (Lipinski definition) is 1. The highest BCUT2D eigenvalue weighted by molar-refractivity contribution is 5.77. The van der Waals surface area contributed by atoms with Gasteiger partial charge in [0, 0.05) is 11.4 Å². The Hall–Kier alpha value is -1.28. The lowest BCUT2D eigenvalue weighted by Gasteiger charge is -2.15. The normalized spacial score (nSPS) is 13.7. The number of fused-ring (bicyclic) bond motifs is 1. The van der Waals surface area contributed by atoms with E-state index in [2.05, 4.69) is 19.9 Å². The Morgan fingerprint density at radius 2 is 2.00 bits per heavy atom. The van der Waals surface area contributed by atoms with Crippen molar-refractivity contribution in [2.24, 2.45) is 11.7 Å². The molecule has 0 spiro atoms. The lowest BCUT2D eigenvalue weighted by atomic mass is 9.96. The van der Waals surface area contributed by atoms with E-state index in [1.165, 1.54) is 5.56 Å². The number of benzene rings is 1. The zero-order valence-electron chi connectivity index (χ0n) is 8.53. The Morgan fingerprint density at radius 3 is 2.71 bits per heavy atom. The second-order valence-electron chi connectivity index (χ2n) is 3.99. The van der Waals surface area contributed by atoms with Gasteiger partial charge in [-0.25, -0.2) is 0 Å². The standard InChI is InChI=1S/C12H15NO/c1-8(2)12(13)10-3-4-11-9(7-10)5-6-14-11/h3-8,12H,13H2,1-2H3/t12-/m1/s1. The van der Waals surface area contributed by atoms with Gasteiger partial charge in [-0.3, -0.25) is 0 Å². The molecule has 0 unspecified atom stereocenters. The SMILES string of the molecule is CC(C)[C@@H](N)c1ccc2occc2c1. The van der Waals surface area contributed by atoms with Crippen LogP contribution >= 0.6 is 0 Å². The molecule has 0 fully saturated rings. The molecule has 1 aromatic carbocycles. The van der Waals surface area contributed by atoms with Gasteiger partial charge in [0.1, 0.15) is 5.58 Å². The van der Waals surface area contributed by atoms with Gasteiger partial charge in [-0.15, -0.1) is 0 Å². The molecule has 0 amide bonds. The zero-order chi connectivity index (χ0) is 10.1. The van der Waals surface area contributed by atoms with E-state index >= 15 is 0 Å². The molecule has 1 atom stereocenters. The number of hydrogen-bond acceptors (Lipinski definition) is 2. The Bertz CT molecular complexity index is 431. The van der Waals surface area contributed by atoms with Crippen molar-refractivity contribution in [2.45, 2.75) is 19.9 Å². The minimum Gasteiger partial charge on any atom is -0.464 e. The first-order valence-corrected chi connectivity index (χ1v) is 4.91. The van der Waals surface area contributed by atoms with E-state index < -0.39 is 0 Å². The van der Waals surface area contributed by atoms with E-state index in [4.69, 9.17) is 10.2 Å². The third-order valence-electron chi connectivity index (χ3n) is 2.58. The molecule has 74 valence electrons. The molecule has 2 N–H and O–H groups in total. The van der Waals surface area contributed by atoms with Gasteiger partial charge in [0.05, 0.1) is 6.26 Å². The Balaban J connectivity index is 2.43. The molecule has 0 bridgehead atoms. The molecule has 2 aromatic rings. The lowest BCUT2D eigenvalue weighted by molar-refractivity contribution is 0.514. The predicted molar refractivity (Wildman–Crippen MR) is 58.0 cm³/mol. The van der Waals surface area contributed by atoms with Gasteiger partial charge < -0.3 is 10.2 Å². The molecule has 0 radical (unpaired) electrons.